The number of unbranched alkanes of at least 4 members (excludes halogenated alkanes) is 1. The maximum atomic E-state index is 13.4. The molecule has 4 heteroatoms. The van der Waals surface area contributed by atoms with E-state index >= 15 is 0 Å². The van der Waals surface area contributed by atoms with Gasteiger partial charge in [0, 0.05) is 5.69 Å². The molecule has 22 heavy (non-hydrogen) atoms. The van der Waals surface area contributed by atoms with Crippen LogP contribution in [0, 0.1) is 19.7 Å². The van der Waals surface area contributed by atoms with Crippen LogP contribution >= 0.6 is 0 Å². The Balaban J connectivity index is 2.17. The fraction of sp³-hybridized carbons (Fsp3) is 0.611. The van der Waals surface area contributed by atoms with Crippen LogP contribution < -0.4 is 5.32 Å². The molecule has 1 aromatic carbocycles. The number of anilines is 1. The average Bonchev–Trinajstić information content (AvgIpc) is 2.39. The molecule has 1 aliphatic carbocycles. The van der Waals surface area contributed by atoms with Crippen molar-refractivity contribution in [2.45, 2.75) is 58.4 Å². The van der Waals surface area contributed by atoms with Gasteiger partial charge in [-0.15, -0.1) is 0 Å². The number of hydrogen-bond donors (Lipinski definition) is 1. The van der Waals surface area contributed by atoms with Gasteiger partial charge in [-0.1, -0.05) is 13.3 Å². The van der Waals surface area contributed by atoms with E-state index in [0.717, 1.165) is 55.5 Å². The Morgan fingerprint density at radius 2 is 1.91 bits per heavy atom. The summed E-state index contributed by atoms with van der Waals surface area (Å²) in [5.41, 5.74) is 1.91. The van der Waals surface area contributed by atoms with Crippen molar-refractivity contribution in [2.75, 3.05) is 18.9 Å². The molecule has 2 rings (SSSR count). The molecule has 0 atom stereocenters. The molecule has 0 heterocycles. The first kappa shape index (κ1) is 16.9. The van der Waals surface area contributed by atoms with Crippen LogP contribution in [0.2, 0.25) is 0 Å². The molecular formula is C18H27FN2O. The van der Waals surface area contributed by atoms with E-state index < -0.39 is 0 Å². The van der Waals surface area contributed by atoms with Crippen LogP contribution in [0.4, 0.5) is 10.1 Å². The van der Waals surface area contributed by atoms with Gasteiger partial charge in [-0.2, -0.15) is 0 Å². The Labute approximate surface area is 132 Å². The van der Waals surface area contributed by atoms with Crippen LogP contribution in [0.1, 0.15) is 50.2 Å². The van der Waals surface area contributed by atoms with Crippen molar-refractivity contribution in [3.05, 3.63) is 29.1 Å². The number of likely N-dealkylation sites (N-methyl/N-ethyl adjacent to an activating group) is 1. The van der Waals surface area contributed by atoms with Gasteiger partial charge in [0.1, 0.15) is 11.4 Å². The standard InChI is InChI=1S/C18H27FN2O/c1-5-6-10-21(4)18(8-7-9-18)17(22)20-16-13(2)11-15(19)12-14(16)3/h11-12H,5-10H2,1-4H3,(H,20,22). The third-order valence-electron chi connectivity index (χ3n) is 4.92. The molecule has 1 fully saturated rings. The Morgan fingerprint density at radius 3 is 2.36 bits per heavy atom. The first-order chi connectivity index (χ1) is 10.4. The molecule has 0 bridgehead atoms. The van der Waals surface area contributed by atoms with Crippen molar-refractivity contribution in [3.63, 3.8) is 0 Å². The molecule has 3 nitrogen and oxygen atoms in total. The molecule has 1 N–H and O–H groups in total. The topological polar surface area (TPSA) is 32.3 Å². The normalized spacial score (nSPS) is 16.5. The fourth-order valence-corrected chi connectivity index (χ4v) is 3.24. The molecule has 1 saturated carbocycles. The number of hydrogen-bond acceptors (Lipinski definition) is 2. The van der Waals surface area contributed by atoms with Gasteiger partial charge < -0.3 is 5.32 Å². The van der Waals surface area contributed by atoms with E-state index in [0.29, 0.717) is 0 Å². The number of halogens is 1. The maximum Gasteiger partial charge on any atom is 0.244 e. The molecular weight excluding hydrogens is 279 g/mol. The minimum Gasteiger partial charge on any atom is -0.324 e. The van der Waals surface area contributed by atoms with Crippen molar-refractivity contribution >= 4 is 11.6 Å². The Hall–Kier alpha value is -1.42. The molecule has 122 valence electrons. The zero-order chi connectivity index (χ0) is 16.3. The van der Waals surface area contributed by atoms with Gasteiger partial charge in [0.25, 0.3) is 0 Å². The predicted octanol–water partition coefficient (Wildman–Crippen LogP) is 4.04. The minimum absolute atomic E-state index is 0.0511. The summed E-state index contributed by atoms with van der Waals surface area (Å²) in [6, 6.07) is 2.94. The van der Waals surface area contributed by atoms with Crippen LogP contribution in [-0.4, -0.2) is 29.9 Å². The third kappa shape index (κ3) is 3.17. The summed E-state index contributed by atoms with van der Waals surface area (Å²) in [7, 11) is 2.04. The Kier molecular flexibility index (Phi) is 5.22. The monoisotopic (exact) mass is 306 g/mol. The van der Waals surface area contributed by atoms with Crippen LogP contribution in [0.3, 0.4) is 0 Å². The zero-order valence-electron chi connectivity index (χ0n) is 14.1. The number of nitrogens with one attached hydrogen (secondary N) is 1. The van der Waals surface area contributed by atoms with E-state index in [2.05, 4.69) is 17.1 Å². The quantitative estimate of drug-likeness (QED) is 0.860. The molecule has 1 amide bonds. The summed E-state index contributed by atoms with van der Waals surface area (Å²) >= 11 is 0. The fourth-order valence-electron chi connectivity index (χ4n) is 3.24. The summed E-state index contributed by atoms with van der Waals surface area (Å²) in [4.78, 5) is 15.1. The van der Waals surface area contributed by atoms with Crippen LogP contribution in [-0.2, 0) is 4.79 Å². The second-order valence-electron chi connectivity index (χ2n) is 6.53. The molecule has 0 radical (unpaired) electrons. The van der Waals surface area contributed by atoms with Gasteiger partial charge >= 0.3 is 0 Å². The third-order valence-corrected chi connectivity index (χ3v) is 4.92. The second-order valence-corrected chi connectivity index (χ2v) is 6.53. The Bertz CT molecular complexity index is 529. The molecule has 0 saturated heterocycles. The average molecular weight is 306 g/mol. The second kappa shape index (κ2) is 6.78. The van der Waals surface area contributed by atoms with Gasteiger partial charge in [-0.25, -0.2) is 4.39 Å². The van der Waals surface area contributed by atoms with Gasteiger partial charge in [0.2, 0.25) is 5.91 Å². The van der Waals surface area contributed by atoms with Crippen molar-refractivity contribution in [1.29, 1.82) is 0 Å². The highest BCUT2D eigenvalue weighted by Gasteiger charge is 2.47. The van der Waals surface area contributed by atoms with Crippen molar-refractivity contribution < 1.29 is 9.18 Å². The van der Waals surface area contributed by atoms with Crippen molar-refractivity contribution in [1.82, 2.24) is 4.90 Å². The minimum atomic E-state index is -0.386. The lowest BCUT2D eigenvalue weighted by Gasteiger charge is -2.47. The lowest BCUT2D eigenvalue weighted by molar-refractivity contribution is -0.133. The summed E-state index contributed by atoms with van der Waals surface area (Å²) in [5, 5.41) is 3.06. The van der Waals surface area contributed by atoms with Gasteiger partial charge in [0.15, 0.2) is 0 Å². The van der Waals surface area contributed by atoms with Crippen LogP contribution in [0.5, 0.6) is 0 Å². The zero-order valence-corrected chi connectivity index (χ0v) is 14.1. The number of rotatable bonds is 6. The number of carbonyl (C=O) groups excluding carboxylic acids is 1. The molecule has 0 aliphatic heterocycles. The van der Waals surface area contributed by atoms with E-state index in [1.54, 1.807) is 0 Å². The largest absolute Gasteiger partial charge is 0.324 e. The van der Waals surface area contributed by atoms with E-state index in [1.165, 1.54) is 12.1 Å². The SMILES string of the molecule is CCCCN(C)C1(C(=O)Nc2c(C)cc(F)cc2C)CCC1. The molecule has 0 aromatic heterocycles. The lowest BCUT2D eigenvalue weighted by atomic mass is 9.74. The smallest absolute Gasteiger partial charge is 0.244 e. The van der Waals surface area contributed by atoms with Crippen molar-refractivity contribution in [3.8, 4) is 0 Å². The summed E-state index contributed by atoms with van der Waals surface area (Å²) in [6.07, 6.45) is 5.11. The number of amides is 1. The van der Waals surface area contributed by atoms with E-state index in [4.69, 9.17) is 0 Å². The summed E-state index contributed by atoms with van der Waals surface area (Å²) in [5.74, 6) is -0.207. The van der Waals surface area contributed by atoms with Crippen LogP contribution in [0.25, 0.3) is 0 Å². The molecule has 1 aromatic rings. The van der Waals surface area contributed by atoms with Gasteiger partial charge in [0.05, 0.1) is 0 Å². The lowest BCUT2D eigenvalue weighted by Crippen LogP contribution is -2.60. The van der Waals surface area contributed by atoms with E-state index in [1.807, 2.05) is 20.9 Å². The van der Waals surface area contributed by atoms with Crippen LogP contribution in [0.15, 0.2) is 12.1 Å². The van der Waals surface area contributed by atoms with E-state index in [-0.39, 0.29) is 17.3 Å². The predicted molar refractivity (Wildman–Crippen MR) is 88.6 cm³/mol. The summed E-state index contributed by atoms with van der Waals surface area (Å²) < 4.78 is 13.4. The number of nitrogens with zero attached hydrogens (tertiary/aromatic N) is 1. The molecule has 0 unspecified atom stereocenters. The number of benzene rings is 1. The van der Waals surface area contributed by atoms with Crippen molar-refractivity contribution in [2.24, 2.45) is 0 Å². The first-order valence-electron chi connectivity index (χ1n) is 8.20. The highest BCUT2D eigenvalue weighted by molar-refractivity contribution is 5.99. The first-order valence-corrected chi connectivity index (χ1v) is 8.20. The number of carbonyl (C=O) groups is 1. The van der Waals surface area contributed by atoms with Gasteiger partial charge in [-0.05, 0) is 76.4 Å². The number of aryl methyl sites for hydroxylation is 2. The summed E-state index contributed by atoms with van der Waals surface area (Å²) in [6.45, 7) is 6.76. The Morgan fingerprint density at radius 1 is 1.32 bits per heavy atom. The highest BCUT2D eigenvalue weighted by atomic mass is 19.1. The molecule has 0 spiro atoms. The molecule has 1 aliphatic rings. The van der Waals surface area contributed by atoms with E-state index in [9.17, 15) is 9.18 Å². The maximum absolute atomic E-state index is 13.4. The van der Waals surface area contributed by atoms with Gasteiger partial charge in [-0.3, -0.25) is 9.69 Å². The highest BCUT2D eigenvalue weighted by Crippen LogP contribution is 2.38.